The van der Waals surface area contributed by atoms with Gasteiger partial charge in [-0.05, 0) is 31.5 Å². The molecule has 0 fully saturated rings. The van der Waals surface area contributed by atoms with Crippen LogP contribution in [0.15, 0.2) is 30.5 Å². The molecule has 2 rings (SSSR count). The minimum absolute atomic E-state index is 0.100. The molecule has 1 N–H and O–H groups in total. The van der Waals surface area contributed by atoms with E-state index in [0.717, 1.165) is 11.3 Å². The molecule has 6 heteroatoms. The molecule has 2 aromatic rings. The Morgan fingerprint density at radius 2 is 2.21 bits per heavy atom. The first-order valence-corrected chi connectivity index (χ1v) is 6.11. The van der Waals surface area contributed by atoms with Crippen LogP contribution in [0, 0.1) is 17.0 Å². The zero-order chi connectivity index (χ0) is 13.8. The van der Waals surface area contributed by atoms with Crippen LogP contribution in [0.25, 0.3) is 0 Å². The molecule has 6 nitrogen and oxygen atoms in total. The van der Waals surface area contributed by atoms with E-state index in [2.05, 4.69) is 10.4 Å². The van der Waals surface area contributed by atoms with Crippen LogP contribution in [0.2, 0.25) is 0 Å². The number of hydrogen-bond acceptors (Lipinski definition) is 4. The van der Waals surface area contributed by atoms with Crippen LogP contribution in [0.1, 0.15) is 18.2 Å². The summed E-state index contributed by atoms with van der Waals surface area (Å²) >= 11 is 0. The quantitative estimate of drug-likeness (QED) is 0.662. The third-order valence-electron chi connectivity index (χ3n) is 2.74. The van der Waals surface area contributed by atoms with Crippen LogP contribution in [-0.4, -0.2) is 21.2 Å². The van der Waals surface area contributed by atoms with Crippen molar-refractivity contribution < 1.29 is 4.92 Å². The summed E-state index contributed by atoms with van der Waals surface area (Å²) in [5.41, 5.74) is 2.44. The van der Waals surface area contributed by atoms with Gasteiger partial charge < -0.3 is 5.32 Å². The van der Waals surface area contributed by atoms with Crippen LogP contribution in [0.5, 0.6) is 0 Å². The molecule has 1 heterocycles. The maximum atomic E-state index is 11.0. The van der Waals surface area contributed by atoms with Gasteiger partial charge in [0, 0.05) is 18.8 Å². The zero-order valence-electron chi connectivity index (χ0n) is 11.0. The molecule has 19 heavy (non-hydrogen) atoms. The van der Waals surface area contributed by atoms with E-state index in [1.807, 2.05) is 32.2 Å². The Balaban J connectivity index is 2.27. The monoisotopic (exact) mass is 260 g/mol. The Bertz CT molecular complexity index is 592. The van der Waals surface area contributed by atoms with Gasteiger partial charge in [0.1, 0.15) is 5.69 Å². The second-order valence-corrected chi connectivity index (χ2v) is 4.29. The maximum absolute atomic E-state index is 11.0. The van der Waals surface area contributed by atoms with Crippen molar-refractivity contribution in [2.75, 3.05) is 11.9 Å². The summed E-state index contributed by atoms with van der Waals surface area (Å²) in [6, 6.07) is 7.12. The fourth-order valence-electron chi connectivity index (χ4n) is 1.90. The molecule has 0 saturated heterocycles. The van der Waals surface area contributed by atoms with E-state index >= 15 is 0 Å². The summed E-state index contributed by atoms with van der Waals surface area (Å²) in [6.45, 7) is 5.00. The van der Waals surface area contributed by atoms with Gasteiger partial charge in [-0.1, -0.05) is 6.07 Å². The number of benzene rings is 1. The van der Waals surface area contributed by atoms with Gasteiger partial charge in [0.2, 0.25) is 0 Å². The predicted molar refractivity (Wildman–Crippen MR) is 73.3 cm³/mol. The molecule has 100 valence electrons. The maximum Gasteiger partial charge on any atom is 0.292 e. The molecule has 1 aromatic heterocycles. The first-order valence-electron chi connectivity index (χ1n) is 6.11. The minimum Gasteiger partial charge on any atom is -0.380 e. The van der Waals surface area contributed by atoms with Gasteiger partial charge in [0.15, 0.2) is 0 Å². The lowest BCUT2D eigenvalue weighted by Crippen LogP contribution is -2.04. The highest BCUT2D eigenvalue weighted by molar-refractivity contribution is 5.62. The van der Waals surface area contributed by atoms with Crippen molar-refractivity contribution in [1.29, 1.82) is 0 Å². The first-order chi connectivity index (χ1) is 9.10. The topological polar surface area (TPSA) is 73.0 Å². The predicted octanol–water partition coefficient (Wildman–Crippen LogP) is 2.58. The molecule has 0 spiro atoms. The van der Waals surface area contributed by atoms with Crippen molar-refractivity contribution >= 4 is 11.4 Å². The van der Waals surface area contributed by atoms with Gasteiger partial charge in [-0.25, -0.2) is 0 Å². The fourth-order valence-corrected chi connectivity index (χ4v) is 1.90. The first kappa shape index (κ1) is 13.1. The smallest absolute Gasteiger partial charge is 0.292 e. The number of nitro benzene ring substituents is 1. The molecule has 0 radical (unpaired) electrons. The molecule has 0 aliphatic carbocycles. The molecule has 0 bridgehead atoms. The summed E-state index contributed by atoms with van der Waals surface area (Å²) in [5.74, 6) is 0. The number of aryl methyl sites for hydroxylation is 1. The molecular weight excluding hydrogens is 244 g/mol. The standard InChI is InChI=1S/C13H16N4O2/c1-3-14-12-5-4-11(8-13(12)17(18)19)9-16-7-6-10(2)15-16/h4-8,14H,3,9H2,1-2H3. The fraction of sp³-hybridized carbons (Fsp3) is 0.308. The molecule has 0 atom stereocenters. The van der Waals surface area contributed by atoms with Crippen molar-refractivity contribution in [2.24, 2.45) is 0 Å². The molecular formula is C13H16N4O2. The Morgan fingerprint density at radius 1 is 1.42 bits per heavy atom. The third kappa shape index (κ3) is 3.09. The van der Waals surface area contributed by atoms with Crippen molar-refractivity contribution in [3.8, 4) is 0 Å². The number of nitrogens with one attached hydrogen (secondary N) is 1. The van der Waals surface area contributed by atoms with Crippen molar-refractivity contribution in [1.82, 2.24) is 9.78 Å². The third-order valence-corrected chi connectivity index (χ3v) is 2.74. The summed E-state index contributed by atoms with van der Waals surface area (Å²) < 4.78 is 1.77. The highest BCUT2D eigenvalue weighted by atomic mass is 16.6. The van der Waals surface area contributed by atoms with Crippen LogP contribution in [0.3, 0.4) is 0 Å². The van der Waals surface area contributed by atoms with E-state index in [1.54, 1.807) is 16.8 Å². The van der Waals surface area contributed by atoms with E-state index in [4.69, 9.17) is 0 Å². The number of anilines is 1. The van der Waals surface area contributed by atoms with Gasteiger partial charge in [0.05, 0.1) is 17.2 Å². The van der Waals surface area contributed by atoms with Crippen molar-refractivity contribution in [3.63, 3.8) is 0 Å². The molecule has 1 aromatic carbocycles. The summed E-state index contributed by atoms with van der Waals surface area (Å²) in [5, 5.41) is 18.3. The summed E-state index contributed by atoms with van der Waals surface area (Å²) in [6.07, 6.45) is 1.86. The summed E-state index contributed by atoms with van der Waals surface area (Å²) in [7, 11) is 0. The Hall–Kier alpha value is -2.37. The Labute approximate surface area is 111 Å². The SMILES string of the molecule is CCNc1ccc(Cn2ccc(C)n2)cc1[N+](=O)[O-]. The largest absolute Gasteiger partial charge is 0.380 e. The minimum atomic E-state index is -0.365. The van der Waals surface area contributed by atoms with Gasteiger partial charge in [-0.2, -0.15) is 5.10 Å². The van der Waals surface area contributed by atoms with Crippen molar-refractivity contribution in [2.45, 2.75) is 20.4 Å². The van der Waals surface area contributed by atoms with E-state index in [9.17, 15) is 10.1 Å². The lowest BCUT2D eigenvalue weighted by Gasteiger charge is -2.07. The lowest BCUT2D eigenvalue weighted by atomic mass is 10.1. The van der Waals surface area contributed by atoms with Gasteiger partial charge in [-0.15, -0.1) is 0 Å². The Morgan fingerprint density at radius 3 is 2.79 bits per heavy atom. The van der Waals surface area contributed by atoms with Gasteiger partial charge in [0.25, 0.3) is 5.69 Å². The number of hydrogen-bond donors (Lipinski definition) is 1. The number of nitrogens with zero attached hydrogens (tertiary/aromatic N) is 3. The normalized spacial score (nSPS) is 10.4. The van der Waals surface area contributed by atoms with E-state index in [-0.39, 0.29) is 10.6 Å². The molecule has 0 unspecified atom stereocenters. The number of rotatable bonds is 5. The second-order valence-electron chi connectivity index (χ2n) is 4.29. The highest BCUT2D eigenvalue weighted by Crippen LogP contribution is 2.25. The average molecular weight is 260 g/mol. The van der Waals surface area contributed by atoms with Gasteiger partial charge in [-0.3, -0.25) is 14.8 Å². The van der Waals surface area contributed by atoms with E-state index in [0.29, 0.717) is 18.8 Å². The Kier molecular flexibility index (Phi) is 3.79. The average Bonchev–Trinajstić information content (AvgIpc) is 2.77. The molecule has 0 aliphatic rings. The van der Waals surface area contributed by atoms with Crippen LogP contribution in [-0.2, 0) is 6.54 Å². The summed E-state index contributed by atoms with van der Waals surface area (Å²) in [4.78, 5) is 10.7. The van der Waals surface area contributed by atoms with Gasteiger partial charge >= 0.3 is 0 Å². The van der Waals surface area contributed by atoms with E-state index in [1.165, 1.54) is 0 Å². The number of aromatic nitrogens is 2. The lowest BCUT2D eigenvalue weighted by molar-refractivity contribution is -0.384. The molecule has 0 aliphatic heterocycles. The molecule has 0 saturated carbocycles. The number of nitro groups is 1. The highest BCUT2D eigenvalue weighted by Gasteiger charge is 2.14. The van der Waals surface area contributed by atoms with Crippen molar-refractivity contribution in [3.05, 3.63) is 51.8 Å². The van der Waals surface area contributed by atoms with Crippen LogP contribution < -0.4 is 5.32 Å². The van der Waals surface area contributed by atoms with Crippen LogP contribution >= 0.6 is 0 Å². The molecule has 0 amide bonds. The zero-order valence-corrected chi connectivity index (χ0v) is 11.0. The second kappa shape index (κ2) is 5.51. The van der Waals surface area contributed by atoms with Crippen LogP contribution in [0.4, 0.5) is 11.4 Å². The van der Waals surface area contributed by atoms with E-state index < -0.39 is 0 Å².